The second-order valence-electron chi connectivity index (χ2n) is 9.74. The lowest BCUT2D eigenvalue weighted by Crippen LogP contribution is -2.69. The number of methoxy groups -OCH3 is 2. The fraction of sp³-hybridized carbons (Fsp3) is 0.188. The van der Waals surface area contributed by atoms with Gasteiger partial charge < -0.3 is 24.4 Å². The lowest BCUT2D eigenvalue weighted by Gasteiger charge is -2.57. The first kappa shape index (κ1) is 24.7. The summed E-state index contributed by atoms with van der Waals surface area (Å²) < 4.78 is 10.6. The van der Waals surface area contributed by atoms with Gasteiger partial charge in [0, 0.05) is 11.4 Å². The molecule has 4 aromatic carbocycles. The minimum Gasteiger partial charge on any atom is -0.497 e. The molecule has 2 heterocycles. The van der Waals surface area contributed by atoms with Crippen LogP contribution in [0.5, 0.6) is 11.5 Å². The highest BCUT2D eigenvalue weighted by molar-refractivity contribution is 6.16. The van der Waals surface area contributed by atoms with Crippen LogP contribution >= 0.6 is 0 Å². The summed E-state index contributed by atoms with van der Waals surface area (Å²) in [5, 5.41) is 11.8. The predicted octanol–water partition coefficient (Wildman–Crippen LogP) is 4.93. The van der Waals surface area contributed by atoms with E-state index < -0.39 is 29.5 Å². The van der Waals surface area contributed by atoms with E-state index >= 15 is 0 Å². The van der Waals surface area contributed by atoms with Crippen LogP contribution in [0.1, 0.15) is 23.2 Å². The number of aliphatic hydroxyl groups excluding tert-OH is 1. The highest BCUT2D eigenvalue weighted by Crippen LogP contribution is 2.65. The second kappa shape index (κ2) is 9.60. The maximum Gasteiger partial charge on any atom is 0.257 e. The van der Waals surface area contributed by atoms with Gasteiger partial charge in [-0.15, -0.1) is 0 Å². The number of nitrogens with zero attached hydrogens (tertiary/aromatic N) is 2. The van der Waals surface area contributed by atoms with Crippen molar-refractivity contribution in [1.82, 2.24) is 0 Å². The fourth-order valence-electron chi connectivity index (χ4n) is 6.10. The summed E-state index contributed by atoms with van der Waals surface area (Å²) >= 11 is 0. The molecule has 0 aliphatic carbocycles. The first-order chi connectivity index (χ1) is 19.0. The van der Waals surface area contributed by atoms with Crippen LogP contribution in [-0.4, -0.2) is 37.2 Å². The first-order valence-corrected chi connectivity index (χ1v) is 12.7. The van der Waals surface area contributed by atoms with Crippen LogP contribution in [0.3, 0.4) is 0 Å². The van der Waals surface area contributed by atoms with Gasteiger partial charge in [-0.25, -0.2) is 0 Å². The van der Waals surface area contributed by atoms with Crippen molar-refractivity contribution in [2.24, 2.45) is 5.41 Å². The van der Waals surface area contributed by atoms with Crippen molar-refractivity contribution in [3.63, 3.8) is 0 Å². The minimum absolute atomic E-state index is 0.313. The van der Waals surface area contributed by atoms with Crippen molar-refractivity contribution in [3.05, 3.63) is 120 Å². The number of rotatable bonds is 6. The molecule has 4 aromatic rings. The van der Waals surface area contributed by atoms with E-state index in [2.05, 4.69) is 0 Å². The standard InChI is InChI=1S/C32H28N2O5/c1-38-25-17-13-23(14-18-25)33-27(21-9-5-3-6-10-21)32(29(35)30(33)36)28(22-11-7-4-8-12-22)34(31(32)37)24-15-19-26(39-2)20-16-24/h3-20,27-29,35H,1-2H3/t27-,28-,29+,32+/m1/s1. The monoisotopic (exact) mass is 520 g/mol. The van der Waals surface area contributed by atoms with Crippen molar-refractivity contribution in [2.75, 3.05) is 24.0 Å². The average Bonchev–Trinajstić information content (AvgIpc) is 3.24. The average molecular weight is 521 g/mol. The third-order valence-electron chi connectivity index (χ3n) is 7.87. The van der Waals surface area contributed by atoms with Gasteiger partial charge in [-0.1, -0.05) is 60.7 Å². The van der Waals surface area contributed by atoms with E-state index in [0.717, 1.165) is 11.1 Å². The number of aliphatic hydroxyl groups is 1. The fourth-order valence-corrected chi connectivity index (χ4v) is 6.10. The van der Waals surface area contributed by atoms with Gasteiger partial charge in [0.25, 0.3) is 5.91 Å². The zero-order valence-corrected chi connectivity index (χ0v) is 21.6. The maximum atomic E-state index is 14.5. The van der Waals surface area contributed by atoms with Crippen LogP contribution in [0, 0.1) is 5.41 Å². The highest BCUT2D eigenvalue weighted by Gasteiger charge is 2.76. The summed E-state index contributed by atoms with van der Waals surface area (Å²) in [7, 11) is 3.16. The number of hydrogen-bond donors (Lipinski definition) is 1. The third-order valence-corrected chi connectivity index (χ3v) is 7.87. The Morgan fingerprint density at radius 2 is 1.03 bits per heavy atom. The second-order valence-corrected chi connectivity index (χ2v) is 9.74. The molecule has 1 spiro atoms. The minimum atomic E-state index is -1.56. The predicted molar refractivity (Wildman–Crippen MR) is 148 cm³/mol. The summed E-state index contributed by atoms with van der Waals surface area (Å²) in [6.45, 7) is 0. The molecule has 7 nitrogen and oxygen atoms in total. The van der Waals surface area contributed by atoms with E-state index in [-0.39, 0.29) is 5.91 Å². The van der Waals surface area contributed by atoms with Gasteiger partial charge in [0.2, 0.25) is 5.91 Å². The van der Waals surface area contributed by atoms with Crippen molar-refractivity contribution in [1.29, 1.82) is 0 Å². The molecule has 0 aromatic heterocycles. The Morgan fingerprint density at radius 3 is 1.46 bits per heavy atom. The molecule has 6 rings (SSSR count). The number of amides is 2. The number of carbonyl (C=O) groups is 2. The number of carbonyl (C=O) groups excluding carboxylic acids is 2. The SMILES string of the molecule is COc1ccc(N2C(=O)[C@H](O)[C@]3(C(=O)N(c4ccc(OC)cc4)[C@@H]3c3ccccc3)[C@H]2c2ccccc2)cc1. The summed E-state index contributed by atoms with van der Waals surface area (Å²) in [5.41, 5.74) is 1.38. The Morgan fingerprint density at radius 1 is 0.615 bits per heavy atom. The van der Waals surface area contributed by atoms with Gasteiger partial charge in [0.1, 0.15) is 16.9 Å². The van der Waals surface area contributed by atoms with E-state index in [1.807, 2.05) is 72.8 Å². The largest absolute Gasteiger partial charge is 0.497 e. The van der Waals surface area contributed by atoms with Gasteiger partial charge in [-0.2, -0.15) is 0 Å². The molecule has 39 heavy (non-hydrogen) atoms. The molecule has 2 aliphatic heterocycles. The van der Waals surface area contributed by atoms with Crippen LogP contribution in [0.2, 0.25) is 0 Å². The molecule has 0 saturated carbocycles. The van der Waals surface area contributed by atoms with Crippen LogP contribution < -0.4 is 19.3 Å². The Bertz CT molecular complexity index is 1490. The molecule has 0 unspecified atom stereocenters. The number of ether oxygens (including phenoxy) is 2. The molecule has 7 heteroatoms. The number of anilines is 2. The molecule has 196 valence electrons. The van der Waals surface area contributed by atoms with E-state index in [1.54, 1.807) is 60.4 Å². The van der Waals surface area contributed by atoms with E-state index in [1.165, 1.54) is 0 Å². The normalized spacial score (nSPS) is 24.1. The molecule has 2 fully saturated rings. The molecule has 1 N–H and O–H groups in total. The molecule has 2 aliphatic rings. The maximum absolute atomic E-state index is 14.5. The zero-order chi connectivity index (χ0) is 27.1. The quantitative estimate of drug-likeness (QED) is 0.365. The van der Waals surface area contributed by atoms with Gasteiger partial charge >= 0.3 is 0 Å². The van der Waals surface area contributed by atoms with Crippen LogP contribution in [0.4, 0.5) is 11.4 Å². The molecular formula is C32H28N2O5. The van der Waals surface area contributed by atoms with Gasteiger partial charge in [-0.05, 0) is 59.7 Å². The van der Waals surface area contributed by atoms with E-state index in [9.17, 15) is 14.7 Å². The molecule has 4 atom stereocenters. The summed E-state index contributed by atoms with van der Waals surface area (Å²) in [4.78, 5) is 31.7. The zero-order valence-electron chi connectivity index (χ0n) is 21.6. The summed E-state index contributed by atoms with van der Waals surface area (Å²) in [5.74, 6) is 0.482. The number of hydrogen-bond acceptors (Lipinski definition) is 5. The lowest BCUT2D eigenvalue weighted by atomic mass is 9.60. The van der Waals surface area contributed by atoms with Gasteiger partial charge in [0.15, 0.2) is 6.10 Å². The smallest absolute Gasteiger partial charge is 0.257 e. The molecule has 0 radical (unpaired) electrons. The molecule has 2 saturated heterocycles. The van der Waals surface area contributed by atoms with E-state index in [4.69, 9.17) is 9.47 Å². The summed E-state index contributed by atoms with van der Waals surface area (Å²) in [6.07, 6.45) is -1.56. The van der Waals surface area contributed by atoms with Crippen molar-refractivity contribution in [2.45, 2.75) is 18.2 Å². The van der Waals surface area contributed by atoms with Crippen LogP contribution in [0.25, 0.3) is 0 Å². The van der Waals surface area contributed by atoms with Crippen LogP contribution in [0.15, 0.2) is 109 Å². The Balaban J connectivity index is 1.56. The van der Waals surface area contributed by atoms with Crippen molar-refractivity contribution >= 4 is 23.2 Å². The van der Waals surface area contributed by atoms with Crippen LogP contribution in [-0.2, 0) is 9.59 Å². The number of benzene rings is 4. The third kappa shape index (κ3) is 3.61. The van der Waals surface area contributed by atoms with E-state index in [0.29, 0.717) is 22.9 Å². The number of β-lactam (4-membered cyclic amide) rings is 1. The van der Waals surface area contributed by atoms with Crippen molar-refractivity contribution < 1.29 is 24.2 Å². The first-order valence-electron chi connectivity index (χ1n) is 12.7. The Kier molecular flexibility index (Phi) is 6.08. The summed E-state index contributed by atoms with van der Waals surface area (Å²) in [6, 6.07) is 32.0. The van der Waals surface area contributed by atoms with Gasteiger partial charge in [-0.3, -0.25) is 9.59 Å². The molecule has 0 bridgehead atoms. The highest BCUT2D eigenvalue weighted by atomic mass is 16.5. The van der Waals surface area contributed by atoms with Crippen molar-refractivity contribution in [3.8, 4) is 11.5 Å². The topological polar surface area (TPSA) is 79.3 Å². The van der Waals surface area contributed by atoms with Gasteiger partial charge in [0.05, 0.1) is 26.3 Å². The lowest BCUT2D eigenvalue weighted by molar-refractivity contribution is -0.154. The molecular weight excluding hydrogens is 492 g/mol. The molecule has 2 amide bonds. The Hall–Kier alpha value is -4.62. The Labute approximate surface area is 226 Å².